The Balaban J connectivity index is 0.00000341. The van der Waals surface area contributed by atoms with Crippen molar-refractivity contribution in [3.63, 3.8) is 0 Å². The van der Waals surface area contributed by atoms with Crippen LogP contribution in [0, 0.1) is 5.92 Å². The molecule has 0 radical (unpaired) electrons. The van der Waals surface area contributed by atoms with Gasteiger partial charge in [-0.1, -0.05) is 12.1 Å². The molecule has 8 heteroatoms. The van der Waals surface area contributed by atoms with Crippen LogP contribution in [-0.2, 0) is 16.1 Å². The zero-order valence-corrected chi connectivity index (χ0v) is 21.3. The van der Waals surface area contributed by atoms with E-state index >= 15 is 0 Å². The summed E-state index contributed by atoms with van der Waals surface area (Å²) in [7, 11) is 1.76. The maximum atomic E-state index is 11.9. The summed E-state index contributed by atoms with van der Waals surface area (Å²) < 4.78 is 5.18. The zero-order chi connectivity index (χ0) is 21.2. The zero-order valence-electron chi connectivity index (χ0n) is 18.9. The van der Waals surface area contributed by atoms with Gasteiger partial charge in [-0.2, -0.15) is 0 Å². The smallest absolute Gasteiger partial charge is 0.227 e. The van der Waals surface area contributed by atoms with E-state index in [4.69, 9.17) is 9.73 Å². The molecule has 2 aliphatic rings. The molecule has 2 heterocycles. The van der Waals surface area contributed by atoms with Crippen molar-refractivity contribution in [1.82, 2.24) is 15.5 Å². The van der Waals surface area contributed by atoms with Crippen LogP contribution < -0.4 is 15.5 Å². The maximum absolute atomic E-state index is 11.9. The van der Waals surface area contributed by atoms with Crippen LogP contribution >= 0.6 is 24.0 Å². The number of hydrogen-bond acceptors (Lipinski definition) is 4. The number of carbonyl (C=O) groups is 1. The predicted octanol–water partition coefficient (Wildman–Crippen LogP) is 2.84. The molecule has 174 valence electrons. The highest BCUT2D eigenvalue weighted by Gasteiger charge is 2.21. The maximum Gasteiger partial charge on any atom is 0.227 e. The summed E-state index contributed by atoms with van der Waals surface area (Å²) in [6.07, 6.45) is 4.05. The van der Waals surface area contributed by atoms with E-state index in [1.807, 2.05) is 17.0 Å². The van der Waals surface area contributed by atoms with E-state index in [-0.39, 0.29) is 29.9 Å². The van der Waals surface area contributed by atoms with Gasteiger partial charge in [-0.25, -0.2) is 4.99 Å². The summed E-state index contributed by atoms with van der Waals surface area (Å²) in [6.45, 7) is 9.49. The largest absolute Gasteiger partial charge is 0.383 e. The number of piperidine rings is 1. The van der Waals surface area contributed by atoms with Gasteiger partial charge in [0.2, 0.25) is 5.91 Å². The Morgan fingerprint density at radius 1 is 1.16 bits per heavy atom. The first kappa shape index (κ1) is 25.9. The first-order chi connectivity index (χ1) is 14.7. The third-order valence-corrected chi connectivity index (χ3v) is 5.96. The summed E-state index contributed by atoms with van der Waals surface area (Å²) in [5.74, 6) is 1.78. The van der Waals surface area contributed by atoms with Gasteiger partial charge in [-0.3, -0.25) is 4.79 Å². The molecule has 1 aromatic carbocycles. The van der Waals surface area contributed by atoms with E-state index in [1.165, 1.54) is 12.8 Å². The molecule has 0 atom stereocenters. The van der Waals surface area contributed by atoms with E-state index in [1.54, 1.807) is 7.11 Å². The van der Waals surface area contributed by atoms with Gasteiger partial charge in [0.25, 0.3) is 0 Å². The monoisotopic (exact) mass is 543 g/mol. The third-order valence-electron chi connectivity index (χ3n) is 5.96. The van der Waals surface area contributed by atoms with Gasteiger partial charge in [0.1, 0.15) is 0 Å². The quantitative estimate of drug-likeness (QED) is 0.285. The Morgan fingerprint density at radius 2 is 1.90 bits per heavy atom. The molecule has 0 unspecified atom stereocenters. The minimum atomic E-state index is 0. The third kappa shape index (κ3) is 8.23. The molecule has 0 saturated carbocycles. The molecule has 31 heavy (non-hydrogen) atoms. The molecular formula is C23H38IN5O2. The number of carbonyl (C=O) groups excluding carboxylic acids is 1. The average Bonchev–Trinajstić information content (AvgIpc) is 3.21. The second kappa shape index (κ2) is 13.9. The van der Waals surface area contributed by atoms with Gasteiger partial charge < -0.3 is 25.2 Å². The number of methoxy groups -OCH3 is 1. The first-order valence-electron chi connectivity index (χ1n) is 11.3. The van der Waals surface area contributed by atoms with Gasteiger partial charge in [-0.05, 0) is 62.9 Å². The fourth-order valence-electron chi connectivity index (χ4n) is 4.09. The van der Waals surface area contributed by atoms with Crippen molar-refractivity contribution in [3.05, 3.63) is 29.8 Å². The SMILES string of the molecule is CCNC(=NCc1ccc(N2CCCC2=O)cc1)NCC1CCN(CCOC)CC1.I. The molecule has 3 rings (SSSR count). The molecule has 0 aliphatic carbocycles. The van der Waals surface area contributed by atoms with Crippen molar-refractivity contribution in [2.75, 3.05) is 57.9 Å². The Hall–Kier alpha value is -1.39. The lowest BCUT2D eigenvalue weighted by Gasteiger charge is -2.32. The molecule has 1 amide bonds. The van der Waals surface area contributed by atoms with E-state index in [0.717, 1.165) is 69.5 Å². The van der Waals surface area contributed by atoms with E-state index in [0.29, 0.717) is 18.9 Å². The number of benzene rings is 1. The average molecular weight is 543 g/mol. The van der Waals surface area contributed by atoms with Crippen molar-refractivity contribution >= 4 is 41.5 Å². The second-order valence-electron chi connectivity index (χ2n) is 8.17. The summed E-state index contributed by atoms with van der Waals surface area (Å²) in [5, 5.41) is 6.87. The van der Waals surface area contributed by atoms with Crippen LogP contribution in [0.2, 0.25) is 0 Å². The number of guanidine groups is 1. The minimum Gasteiger partial charge on any atom is -0.383 e. The lowest BCUT2D eigenvalue weighted by Crippen LogP contribution is -2.43. The fourth-order valence-corrected chi connectivity index (χ4v) is 4.09. The minimum absolute atomic E-state index is 0. The van der Waals surface area contributed by atoms with Gasteiger partial charge >= 0.3 is 0 Å². The number of ether oxygens (including phenoxy) is 1. The molecule has 2 aliphatic heterocycles. The second-order valence-corrected chi connectivity index (χ2v) is 8.17. The topological polar surface area (TPSA) is 69.2 Å². The number of anilines is 1. The van der Waals surface area contributed by atoms with Crippen molar-refractivity contribution in [2.45, 2.75) is 39.2 Å². The number of hydrogen-bond donors (Lipinski definition) is 2. The van der Waals surface area contributed by atoms with Crippen LogP contribution in [0.25, 0.3) is 0 Å². The van der Waals surface area contributed by atoms with Gasteiger partial charge in [-0.15, -0.1) is 24.0 Å². The lowest BCUT2D eigenvalue weighted by atomic mass is 9.97. The molecule has 0 aromatic heterocycles. The number of likely N-dealkylation sites (tertiary alicyclic amines) is 1. The number of nitrogens with zero attached hydrogens (tertiary/aromatic N) is 3. The summed E-state index contributed by atoms with van der Waals surface area (Å²) in [4.78, 5) is 21.0. The van der Waals surface area contributed by atoms with Crippen LogP contribution in [0.1, 0.15) is 38.2 Å². The highest BCUT2D eigenvalue weighted by Crippen LogP contribution is 2.21. The van der Waals surface area contributed by atoms with Crippen molar-refractivity contribution in [2.24, 2.45) is 10.9 Å². The molecule has 0 bridgehead atoms. The Labute approximate surface area is 204 Å². The number of aliphatic imine (C=N–C) groups is 1. The fraction of sp³-hybridized carbons (Fsp3) is 0.652. The van der Waals surface area contributed by atoms with Crippen molar-refractivity contribution in [3.8, 4) is 0 Å². The van der Waals surface area contributed by atoms with Crippen molar-refractivity contribution < 1.29 is 9.53 Å². The summed E-state index contributed by atoms with van der Waals surface area (Å²) >= 11 is 0. The molecular weight excluding hydrogens is 505 g/mol. The van der Waals surface area contributed by atoms with Crippen LogP contribution in [0.5, 0.6) is 0 Å². The summed E-state index contributed by atoms with van der Waals surface area (Å²) in [5.41, 5.74) is 2.14. The normalized spacial score (nSPS) is 18.2. The van der Waals surface area contributed by atoms with Crippen LogP contribution in [0.4, 0.5) is 5.69 Å². The number of amides is 1. The van der Waals surface area contributed by atoms with Crippen molar-refractivity contribution in [1.29, 1.82) is 0 Å². The molecule has 0 spiro atoms. The van der Waals surface area contributed by atoms with Gasteiger partial charge in [0.05, 0.1) is 13.2 Å². The first-order valence-corrected chi connectivity index (χ1v) is 11.3. The van der Waals surface area contributed by atoms with Gasteiger partial charge in [0, 0.05) is 45.4 Å². The summed E-state index contributed by atoms with van der Waals surface area (Å²) in [6, 6.07) is 8.21. The van der Waals surface area contributed by atoms with E-state index in [2.05, 4.69) is 34.6 Å². The van der Waals surface area contributed by atoms with Crippen LogP contribution in [0.15, 0.2) is 29.3 Å². The Bertz CT molecular complexity index is 690. The van der Waals surface area contributed by atoms with E-state index in [9.17, 15) is 4.79 Å². The highest BCUT2D eigenvalue weighted by atomic mass is 127. The van der Waals surface area contributed by atoms with E-state index < -0.39 is 0 Å². The molecule has 2 N–H and O–H groups in total. The number of halogens is 1. The molecule has 2 saturated heterocycles. The molecule has 7 nitrogen and oxygen atoms in total. The number of nitrogens with one attached hydrogen (secondary N) is 2. The Morgan fingerprint density at radius 3 is 2.52 bits per heavy atom. The van der Waals surface area contributed by atoms with Crippen LogP contribution in [-0.4, -0.2) is 69.8 Å². The lowest BCUT2D eigenvalue weighted by molar-refractivity contribution is -0.117. The Kier molecular flexibility index (Phi) is 11.6. The molecule has 1 aromatic rings. The number of rotatable bonds is 9. The highest BCUT2D eigenvalue weighted by molar-refractivity contribution is 14.0. The van der Waals surface area contributed by atoms with Gasteiger partial charge in [0.15, 0.2) is 5.96 Å². The predicted molar refractivity (Wildman–Crippen MR) is 137 cm³/mol. The van der Waals surface area contributed by atoms with Crippen LogP contribution in [0.3, 0.4) is 0 Å². The molecule has 2 fully saturated rings. The standard InChI is InChI=1S/C23H37N5O2.HI/c1-3-24-23(26-18-20-10-13-27(14-11-20)15-16-30-2)25-17-19-6-8-21(9-7-19)28-12-4-5-22(28)29;/h6-9,20H,3-5,10-18H2,1-2H3,(H2,24,25,26);1H.